The van der Waals surface area contributed by atoms with Gasteiger partial charge in [0.1, 0.15) is 11.9 Å². The third-order valence-corrected chi connectivity index (χ3v) is 3.58. The van der Waals surface area contributed by atoms with Crippen molar-refractivity contribution in [2.45, 2.75) is 12.8 Å². The van der Waals surface area contributed by atoms with E-state index in [0.29, 0.717) is 37.2 Å². The number of hydrogen-bond donors (Lipinski definition) is 1. The van der Waals surface area contributed by atoms with Gasteiger partial charge in [0.2, 0.25) is 0 Å². The number of halogens is 1. The minimum atomic E-state index is -0.416. The van der Waals surface area contributed by atoms with Gasteiger partial charge in [-0.2, -0.15) is 10.3 Å². The first-order valence-electron chi connectivity index (χ1n) is 7.59. The van der Waals surface area contributed by atoms with E-state index in [9.17, 15) is 9.60 Å². The normalized spacial score (nSPS) is 17.8. The molecule has 2 aliphatic heterocycles. The number of piperidine rings is 1. The van der Waals surface area contributed by atoms with Gasteiger partial charge >= 0.3 is 0 Å². The number of nitrogens with zero attached hydrogens (tertiary/aromatic N) is 4. The van der Waals surface area contributed by atoms with Crippen LogP contribution in [-0.4, -0.2) is 54.6 Å². The number of nitriles is 1. The van der Waals surface area contributed by atoms with Crippen molar-refractivity contribution in [2.75, 3.05) is 39.4 Å². The Balaban J connectivity index is 0.000000349. The van der Waals surface area contributed by atoms with E-state index in [2.05, 4.69) is 16.4 Å². The van der Waals surface area contributed by atoms with Crippen molar-refractivity contribution < 1.29 is 47.0 Å². The zero-order chi connectivity index (χ0) is 16.5. The maximum absolute atomic E-state index is 12.7. The molecule has 0 aliphatic carbocycles. The molecule has 0 amide bonds. The Labute approximate surface area is 166 Å². The fourth-order valence-electron chi connectivity index (χ4n) is 2.33. The number of rotatable bonds is 1. The van der Waals surface area contributed by atoms with Gasteiger partial charge < -0.3 is 15.3 Å². The zero-order valence-electron chi connectivity index (χ0n) is 13.5. The van der Waals surface area contributed by atoms with E-state index in [0.717, 1.165) is 38.1 Å². The molecule has 1 N–H and O–H groups in total. The first-order chi connectivity index (χ1) is 11.2. The van der Waals surface area contributed by atoms with Gasteiger partial charge in [-0.25, -0.2) is 4.39 Å². The molecule has 0 saturated carbocycles. The number of morpholine rings is 1. The Morgan fingerprint density at radius 1 is 1.29 bits per heavy atom. The van der Waals surface area contributed by atoms with Crippen molar-refractivity contribution in [3.05, 3.63) is 40.7 Å². The van der Waals surface area contributed by atoms with Crippen LogP contribution < -0.4 is 0 Å². The van der Waals surface area contributed by atoms with E-state index in [1.165, 1.54) is 17.2 Å². The molecular formula is C16H20FN4O2Y-. The van der Waals surface area contributed by atoms with Crippen LogP contribution in [0.1, 0.15) is 18.5 Å². The van der Waals surface area contributed by atoms with Gasteiger partial charge in [-0.05, 0) is 30.5 Å². The van der Waals surface area contributed by atoms with Gasteiger partial charge in [0, 0.05) is 59.0 Å². The summed E-state index contributed by atoms with van der Waals surface area (Å²) in [5.74, 6) is -0.416. The molecule has 127 valence electrons. The van der Waals surface area contributed by atoms with Gasteiger partial charge in [-0.15, -0.1) is 13.1 Å². The molecule has 6 nitrogen and oxygen atoms in total. The van der Waals surface area contributed by atoms with Crippen molar-refractivity contribution in [2.24, 2.45) is 0 Å². The summed E-state index contributed by atoms with van der Waals surface area (Å²) in [6.07, 6.45) is 2.38. The molecule has 0 unspecified atom stereocenters. The number of hydroxylamine groups is 2. The third kappa shape index (κ3) is 7.02. The van der Waals surface area contributed by atoms with E-state index in [1.54, 1.807) is 0 Å². The first kappa shape index (κ1) is 21.3. The summed E-state index contributed by atoms with van der Waals surface area (Å²) < 4.78 is 17.7. The minimum Gasteiger partial charge on any atom is -0.659 e. The molecule has 1 aromatic rings. The zero-order valence-corrected chi connectivity index (χ0v) is 16.3. The van der Waals surface area contributed by atoms with E-state index >= 15 is 0 Å². The van der Waals surface area contributed by atoms with Crippen molar-refractivity contribution in [1.29, 1.82) is 5.26 Å². The predicted molar refractivity (Wildman–Crippen MR) is 83.2 cm³/mol. The second-order valence-electron chi connectivity index (χ2n) is 5.19. The van der Waals surface area contributed by atoms with E-state index in [-0.39, 0.29) is 32.7 Å². The van der Waals surface area contributed by atoms with Crippen LogP contribution in [0.5, 0.6) is 0 Å². The fourth-order valence-corrected chi connectivity index (χ4v) is 2.33. The monoisotopic (exact) mass is 408 g/mol. The quantitative estimate of drug-likeness (QED) is 0.722. The van der Waals surface area contributed by atoms with Crippen LogP contribution in [0.25, 0.3) is 10.9 Å². The Morgan fingerprint density at radius 3 is 2.38 bits per heavy atom. The molecule has 3 rings (SSSR count). The first-order valence-corrected chi connectivity index (χ1v) is 7.59. The topological polar surface area (TPSA) is 83.5 Å². The average Bonchev–Trinajstić information content (AvgIpc) is 2.61. The number of aromatic nitrogens is 1. The van der Waals surface area contributed by atoms with Crippen LogP contribution in [0.3, 0.4) is 0 Å². The molecule has 1 radical (unpaired) electrons. The Kier molecular flexibility index (Phi) is 10.4. The van der Waals surface area contributed by atoms with Crippen LogP contribution in [0, 0.1) is 17.1 Å². The van der Waals surface area contributed by atoms with Gasteiger partial charge in [0.05, 0.1) is 17.5 Å². The van der Waals surface area contributed by atoms with Gasteiger partial charge in [-0.1, -0.05) is 0 Å². The fraction of sp³-hybridized carbons (Fsp3) is 0.500. The summed E-state index contributed by atoms with van der Waals surface area (Å²) in [5.41, 5.74) is 1.96. The summed E-state index contributed by atoms with van der Waals surface area (Å²) in [4.78, 5) is 3.91. The summed E-state index contributed by atoms with van der Waals surface area (Å²) >= 11 is 0. The Hall–Kier alpha value is -0.746. The number of hydrogen-bond acceptors (Lipinski definition) is 5. The van der Waals surface area contributed by atoms with Crippen molar-refractivity contribution in [3.8, 4) is 6.07 Å². The number of ether oxygens (including phenoxy) is 1. The molecule has 0 bridgehead atoms. The number of allylic oxidation sites excluding steroid dienone is 1. The second-order valence-corrected chi connectivity index (χ2v) is 5.19. The summed E-state index contributed by atoms with van der Waals surface area (Å²) in [6.45, 7) is 4.50. The number of pyridine rings is 1. The van der Waals surface area contributed by atoms with Crippen molar-refractivity contribution in [1.82, 2.24) is 10.0 Å². The van der Waals surface area contributed by atoms with E-state index in [4.69, 9.17) is 10.00 Å². The third-order valence-electron chi connectivity index (χ3n) is 3.58. The van der Waals surface area contributed by atoms with Crippen LogP contribution in [0.15, 0.2) is 23.9 Å². The molecule has 0 spiro atoms. The molecule has 2 aliphatic rings. The summed E-state index contributed by atoms with van der Waals surface area (Å²) in [5, 5.41) is 23.7. The predicted octanol–water partition coefficient (Wildman–Crippen LogP) is 2.37. The van der Waals surface area contributed by atoms with Crippen LogP contribution in [0.2, 0.25) is 0 Å². The summed E-state index contributed by atoms with van der Waals surface area (Å²) in [7, 11) is 0. The Bertz CT molecular complexity index is 549. The molecular weight excluding hydrogens is 388 g/mol. The SMILES string of the molecule is C1COCC[N-]1.N#CC(=C1CCN(O)CC1)c1ccc(F)cn1.[Y]. The summed E-state index contributed by atoms with van der Waals surface area (Å²) in [6, 6.07) is 4.92. The second kappa shape index (κ2) is 11.7. The van der Waals surface area contributed by atoms with Gasteiger partial charge in [0.15, 0.2) is 0 Å². The molecule has 2 saturated heterocycles. The smallest absolute Gasteiger partial charge is 0.141 e. The van der Waals surface area contributed by atoms with Gasteiger partial charge in [0.25, 0.3) is 0 Å². The molecule has 1 aromatic heterocycles. The maximum atomic E-state index is 12.7. The largest absolute Gasteiger partial charge is 0.659 e. The van der Waals surface area contributed by atoms with E-state index < -0.39 is 5.82 Å². The van der Waals surface area contributed by atoms with Crippen molar-refractivity contribution in [3.63, 3.8) is 0 Å². The molecule has 3 heterocycles. The molecule has 2 fully saturated rings. The molecule has 0 atom stereocenters. The van der Waals surface area contributed by atoms with E-state index in [1.807, 2.05) is 0 Å². The standard InChI is InChI=1S/C12H12FN3O.C4H8NO.Y/c13-10-1-2-12(15-8-10)11(7-14)9-3-5-16(17)6-4-9;1-3-6-4-2-5-1;/h1-2,8,17H,3-6H2;1-4H2;/q;-1;. The molecule has 24 heavy (non-hydrogen) atoms. The average molecular weight is 408 g/mol. The van der Waals surface area contributed by atoms with Crippen LogP contribution in [0.4, 0.5) is 4.39 Å². The van der Waals surface area contributed by atoms with Crippen molar-refractivity contribution >= 4 is 5.57 Å². The molecule has 0 aromatic carbocycles. The Morgan fingerprint density at radius 2 is 1.96 bits per heavy atom. The van der Waals surface area contributed by atoms with Gasteiger partial charge in [-0.3, -0.25) is 4.98 Å². The maximum Gasteiger partial charge on any atom is 0.141 e. The minimum absolute atomic E-state index is 0. The van der Waals surface area contributed by atoms with Crippen LogP contribution in [-0.2, 0) is 37.4 Å². The van der Waals surface area contributed by atoms with Crippen LogP contribution >= 0.6 is 0 Å². The molecule has 8 heteroatoms.